The summed E-state index contributed by atoms with van der Waals surface area (Å²) in [5, 5.41) is 9.48. The molecular formula is C34H44N2O7. The van der Waals surface area contributed by atoms with Gasteiger partial charge >= 0.3 is 5.97 Å². The number of rotatable bonds is 9. The minimum absolute atomic E-state index is 0.0322. The third-order valence-corrected chi connectivity index (χ3v) is 9.79. The molecule has 5 rings (SSSR count). The molecule has 0 radical (unpaired) electrons. The average Bonchev–Trinajstić information content (AvgIpc) is 3.02. The molecule has 9 nitrogen and oxygen atoms in total. The van der Waals surface area contributed by atoms with Crippen molar-refractivity contribution in [1.29, 1.82) is 0 Å². The highest BCUT2D eigenvalue weighted by atomic mass is 16.5. The van der Waals surface area contributed by atoms with Gasteiger partial charge in [-0.3, -0.25) is 9.69 Å². The van der Waals surface area contributed by atoms with Crippen LogP contribution in [0, 0.1) is 11.8 Å². The van der Waals surface area contributed by atoms with E-state index in [1.54, 1.807) is 28.4 Å². The Morgan fingerprint density at radius 2 is 1.42 bits per heavy atom. The van der Waals surface area contributed by atoms with Crippen LogP contribution < -0.4 is 18.9 Å². The Kier molecular flexibility index (Phi) is 9.20. The highest BCUT2D eigenvalue weighted by Crippen LogP contribution is 2.49. The summed E-state index contributed by atoms with van der Waals surface area (Å²) in [4.78, 5) is 29.7. The second-order valence-electron chi connectivity index (χ2n) is 11.9. The number of methoxy groups -OCH3 is 4. The van der Waals surface area contributed by atoms with E-state index < -0.39 is 5.97 Å². The number of amides is 1. The number of carboxylic acids is 1. The van der Waals surface area contributed by atoms with Gasteiger partial charge in [0.2, 0.25) is 5.91 Å². The number of ether oxygens (including phenoxy) is 4. The Hall–Kier alpha value is -3.72. The normalized spacial score (nSPS) is 23.5. The van der Waals surface area contributed by atoms with Crippen LogP contribution in [0.3, 0.4) is 0 Å². The van der Waals surface area contributed by atoms with Crippen molar-refractivity contribution >= 4 is 11.9 Å². The van der Waals surface area contributed by atoms with Gasteiger partial charge in [0.05, 0.1) is 34.5 Å². The smallest absolute Gasteiger partial charge is 0.331 e. The van der Waals surface area contributed by atoms with Crippen LogP contribution in [0.4, 0.5) is 0 Å². The van der Waals surface area contributed by atoms with Crippen LogP contribution in [0.1, 0.15) is 67.4 Å². The third-order valence-electron chi connectivity index (χ3n) is 9.79. The summed E-state index contributed by atoms with van der Waals surface area (Å²) in [5.41, 5.74) is 4.82. The molecule has 1 saturated heterocycles. The lowest BCUT2D eigenvalue weighted by atomic mass is 9.72. The SMILES string of the molecule is CC[C@H]1CN2CCc3cc(OC)c(OC)cc3[C@@H]2C[C@@H]1C[C@@H]1c2cc(OC)c(OC)cc2CCN1C(=O)/C=C(/C)C(=O)O. The van der Waals surface area contributed by atoms with E-state index in [9.17, 15) is 14.7 Å². The molecule has 1 N–H and O–H groups in total. The summed E-state index contributed by atoms with van der Waals surface area (Å²) in [7, 11) is 6.61. The lowest BCUT2D eigenvalue weighted by molar-refractivity contribution is -0.134. The van der Waals surface area contributed by atoms with E-state index >= 15 is 0 Å². The molecule has 0 unspecified atom stereocenters. The quantitative estimate of drug-likeness (QED) is 0.396. The molecule has 1 fully saturated rings. The van der Waals surface area contributed by atoms with E-state index in [0.717, 1.165) is 61.4 Å². The topological polar surface area (TPSA) is 97.8 Å². The van der Waals surface area contributed by atoms with Crippen LogP contribution in [-0.2, 0) is 22.4 Å². The van der Waals surface area contributed by atoms with Crippen molar-refractivity contribution in [2.75, 3.05) is 48.1 Å². The van der Waals surface area contributed by atoms with Gasteiger partial charge in [-0.15, -0.1) is 0 Å². The Balaban J connectivity index is 1.53. The number of carbonyl (C=O) groups excluding carboxylic acids is 1. The summed E-state index contributed by atoms with van der Waals surface area (Å²) >= 11 is 0. The molecule has 2 aromatic rings. The zero-order chi connectivity index (χ0) is 30.8. The lowest BCUT2D eigenvalue weighted by Crippen LogP contribution is -2.47. The first-order valence-corrected chi connectivity index (χ1v) is 15.2. The molecule has 0 aliphatic carbocycles. The number of hydrogen-bond donors (Lipinski definition) is 1. The largest absolute Gasteiger partial charge is 0.493 e. The Morgan fingerprint density at radius 3 is 2.00 bits per heavy atom. The maximum atomic E-state index is 13.6. The van der Waals surface area contributed by atoms with Gasteiger partial charge in [-0.2, -0.15) is 0 Å². The van der Waals surface area contributed by atoms with Crippen molar-refractivity contribution in [1.82, 2.24) is 9.80 Å². The number of fused-ring (bicyclic) bond motifs is 4. The minimum Gasteiger partial charge on any atom is -0.493 e. The van der Waals surface area contributed by atoms with Crippen molar-refractivity contribution in [3.63, 3.8) is 0 Å². The van der Waals surface area contributed by atoms with Gasteiger partial charge in [0.1, 0.15) is 0 Å². The first kappa shape index (κ1) is 30.7. The van der Waals surface area contributed by atoms with Gasteiger partial charge < -0.3 is 29.0 Å². The molecule has 3 heterocycles. The van der Waals surface area contributed by atoms with Crippen molar-refractivity contribution in [2.45, 2.75) is 58.0 Å². The van der Waals surface area contributed by atoms with Crippen molar-refractivity contribution in [3.8, 4) is 23.0 Å². The minimum atomic E-state index is -1.09. The molecular weight excluding hydrogens is 548 g/mol. The molecule has 9 heteroatoms. The predicted octanol–water partition coefficient (Wildman–Crippen LogP) is 5.21. The molecule has 4 atom stereocenters. The molecule has 0 aromatic heterocycles. The standard InChI is InChI=1S/C34H44N2O7/c1-7-21-19-35-10-8-22-15-29(40-3)31(42-5)17-25(22)27(35)13-24(21)14-28-26-18-32(43-6)30(41-4)16-23(26)9-11-36(28)33(37)12-20(2)34(38)39/h12,15-18,21,24,27-28H,7-11,13-14,19H2,1-6H3,(H,38,39)/b20-12-/t21-,24+,27-,28+/m0/s1. The molecule has 1 amide bonds. The summed E-state index contributed by atoms with van der Waals surface area (Å²) in [6, 6.07) is 8.35. The van der Waals surface area contributed by atoms with E-state index in [0.29, 0.717) is 36.3 Å². The number of aliphatic carboxylic acids is 1. The van der Waals surface area contributed by atoms with Crippen LogP contribution in [-0.4, -0.2) is 74.9 Å². The summed E-state index contributed by atoms with van der Waals surface area (Å²) in [6.45, 7) is 6.23. The van der Waals surface area contributed by atoms with Crippen LogP contribution in [0.2, 0.25) is 0 Å². The van der Waals surface area contributed by atoms with E-state index in [1.165, 1.54) is 24.1 Å². The highest BCUT2D eigenvalue weighted by molar-refractivity contribution is 5.97. The maximum Gasteiger partial charge on any atom is 0.331 e. The third kappa shape index (κ3) is 5.92. The maximum absolute atomic E-state index is 13.6. The van der Waals surface area contributed by atoms with Gasteiger partial charge in [0.25, 0.3) is 0 Å². The zero-order valence-electron chi connectivity index (χ0n) is 26.1. The Labute approximate surface area is 254 Å². The summed E-state index contributed by atoms with van der Waals surface area (Å²) < 4.78 is 22.6. The Morgan fingerprint density at radius 1 is 0.860 bits per heavy atom. The van der Waals surface area contributed by atoms with E-state index in [2.05, 4.69) is 24.0 Å². The molecule has 3 aliphatic rings. The first-order chi connectivity index (χ1) is 20.7. The van der Waals surface area contributed by atoms with Gasteiger partial charge in [0, 0.05) is 37.3 Å². The van der Waals surface area contributed by atoms with Crippen molar-refractivity contribution < 1.29 is 33.6 Å². The fraction of sp³-hybridized carbons (Fsp3) is 0.529. The summed E-state index contributed by atoms with van der Waals surface area (Å²) in [5.74, 6) is 2.26. The fourth-order valence-electron chi connectivity index (χ4n) is 7.42. The number of nitrogens with zero attached hydrogens (tertiary/aromatic N) is 2. The van der Waals surface area contributed by atoms with Crippen LogP contribution in [0.15, 0.2) is 35.9 Å². The molecule has 3 aliphatic heterocycles. The number of carboxylic acid groups (broad SMARTS) is 1. The lowest BCUT2D eigenvalue weighted by Gasteiger charge is -2.49. The monoisotopic (exact) mass is 592 g/mol. The first-order valence-electron chi connectivity index (χ1n) is 15.2. The van der Waals surface area contributed by atoms with E-state index in [-0.39, 0.29) is 23.6 Å². The predicted molar refractivity (Wildman–Crippen MR) is 163 cm³/mol. The molecule has 0 bridgehead atoms. The van der Waals surface area contributed by atoms with Gasteiger partial charge in [0.15, 0.2) is 23.0 Å². The van der Waals surface area contributed by atoms with E-state index in [4.69, 9.17) is 18.9 Å². The molecule has 0 saturated carbocycles. The number of hydrogen-bond acceptors (Lipinski definition) is 7. The van der Waals surface area contributed by atoms with Crippen LogP contribution in [0.25, 0.3) is 0 Å². The van der Waals surface area contributed by atoms with Gasteiger partial charge in [-0.05, 0) is 91.0 Å². The highest BCUT2D eigenvalue weighted by Gasteiger charge is 2.42. The Bertz CT molecular complexity index is 1400. The van der Waals surface area contributed by atoms with Gasteiger partial charge in [-0.25, -0.2) is 4.79 Å². The molecule has 43 heavy (non-hydrogen) atoms. The summed E-state index contributed by atoms with van der Waals surface area (Å²) in [6.07, 6.45) is 5.68. The fourth-order valence-corrected chi connectivity index (χ4v) is 7.42. The number of carbonyl (C=O) groups is 2. The van der Waals surface area contributed by atoms with Crippen LogP contribution >= 0.6 is 0 Å². The van der Waals surface area contributed by atoms with Crippen LogP contribution in [0.5, 0.6) is 23.0 Å². The number of benzene rings is 2. The van der Waals surface area contributed by atoms with Crippen molar-refractivity contribution in [2.24, 2.45) is 11.8 Å². The van der Waals surface area contributed by atoms with Gasteiger partial charge in [-0.1, -0.05) is 13.3 Å². The zero-order valence-corrected chi connectivity index (χ0v) is 26.1. The average molecular weight is 593 g/mol. The second kappa shape index (κ2) is 12.9. The van der Waals surface area contributed by atoms with E-state index in [1.807, 2.05) is 17.0 Å². The second-order valence-corrected chi connectivity index (χ2v) is 11.9. The molecule has 232 valence electrons. The van der Waals surface area contributed by atoms with Crippen molar-refractivity contribution in [3.05, 3.63) is 58.2 Å². The molecule has 0 spiro atoms. The molecule has 2 aromatic carbocycles. The number of piperidine rings is 1.